The number of urea groups is 1. The normalized spacial score (nSPS) is 30.1. The zero-order chi connectivity index (χ0) is 15.8. The molecule has 2 aliphatic rings. The number of nitrogens with zero attached hydrogens (tertiary/aromatic N) is 1. The number of carboxylic acid groups (broad SMARTS) is 1. The van der Waals surface area contributed by atoms with Crippen molar-refractivity contribution in [2.75, 3.05) is 13.1 Å². The molecule has 2 fully saturated rings. The van der Waals surface area contributed by atoms with E-state index in [1.54, 1.807) is 4.90 Å². The van der Waals surface area contributed by atoms with E-state index in [4.69, 9.17) is 5.11 Å². The summed E-state index contributed by atoms with van der Waals surface area (Å²) in [6, 6.07) is -0.620. The van der Waals surface area contributed by atoms with Gasteiger partial charge >= 0.3 is 12.0 Å². The number of amides is 2. The Hall–Kier alpha value is -1.30. The van der Waals surface area contributed by atoms with Crippen LogP contribution in [0, 0.1) is 17.3 Å². The number of nitrogens with one attached hydrogen (secondary N) is 1. The van der Waals surface area contributed by atoms with E-state index in [0.717, 1.165) is 12.8 Å². The van der Waals surface area contributed by atoms with E-state index >= 15 is 0 Å². The monoisotopic (exact) mass is 298 g/mol. The molecule has 1 heterocycles. The Morgan fingerprint density at radius 2 is 1.95 bits per heavy atom. The van der Waals surface area contributed by atoms with Crippen molar-refractivity contribution in [2.24, 2.45) is 17.3 Å². The highest BCUT2D eigenvalue weighted by Gasteiger charge is 2.43. The summed E-state index contributed by atoms with van der Waals surface area (Å²) in [6.07, 6.45) is 1.41. The summed E-state index contributed by atoms with van der Waals surface area (Å²) in [5.74, 6) is -0.342. The van der Waals surface area contributed by atoms with Crippen LogP contribution in [0.15, 0.2) is 0 Å². The number of rotatable bonds is 3. The van der Waals surface area contributed by atoms with Gasteiger partial charge in [0.05, 0.1) is 12.5 Å². The van der Waals surface area contributed by atoms with E-state index in [1.165, 1.54) is 0 Å². The largest absolute Gasteiger partial charge is 0.481 e. The number of hydrogen-bond donors (Lipinski definition) is 3. The van der Waals surface area contributed by atoms with Crippen LogP contribution in [-0.4, -0.2) is 52.3 Å². The van der Waals surface area contributed by atoms with Gasteiger partial charge < -0.3 is 20.4 Å². The number of likely N-dealkylation sites (tertiary alicyclic amines) is 1. The maximum Gasteiger partial charge on any atom is 0.317 e. The summed E-state index contributed by atoms with van der Waals surface area (Å²) in [5, 5.41) is 21.7. The van der Waals surface area contributed by atoms with Crippen LogP contribution >= 0.6 is 0 Å². The molecule has 0 bridgehead atoms. The van der Waals surface area contributed by atoms with Crippen LogP contribution in [0.4, 0.5) is 4.79 Å². The minimum Gasteiger partial charge on any atom is -0.481 e. The summed E-state index contributed by atoms with van der Waals surface area (Å²) < 4.78 is 0. The molecule has 6 heteroatoms. The minimum absolute atomic E-state index is 0.0848. The van der Waals surface area contributed by atoms with Gasteiger partial charge in [0.25, 0.3) is 0 Å². The lowest BCUT2D eigenvalue weighted by atomic mass is 9.85. The third-order valence-electron chi connectivity index (χ3n) is 4.83. The molecule has 3 N–H and O–H groups in total. The molecular formula is C15H26N2O4. The molecule has 1 saturated heterocycles. The van der Waals surface area contributed by atoms with Gasteiger partial charge in [-0.1, -0.05) is 20.8 Å². The van der Waals surface area contributed by atoms with Crippen LogP contribution < -0.4 is 5.32 Å². The highest BCUT2D eigenvalue weighted by atomic mass is 16.4. The Bertz CT molecular complexity index is 418. The molecule has 120 valence electrons. The van der Waals surface area contributed by atoms with Gasteiger partial charge in [-0.3, -0.25) is 4.79 Å². The summed E-state index contributed by atoms with van der Waals surface area (Å²) >= 11 is 0. The van der Waals surface area contributed by atoms with Crippen LogP contribution in [0.3, 0.4) is 0 Å². The molecule has 21 heavy (non-hydrogen) atoms. The molecule has 1 aliphatic heterocycles. The zero-order valence-electron chi connectivity index (χ0n) is 13.0. The van der Waals surface area contributed by atoms with Crippen LogP contribution in [0.2, 0.25) is 0 Å². The Morgan fingerprint density at radius 3 is 2.48 bits per heavy atom. The van der Waals surface area contributed by atoms with Crippen LogP contribution in [-0.2, 0) is 4.79 Å². The van der Waals surface area contributed by atoms with Crippen molar-refractivity contribution in [1.82, 2.24) is 10.2 Å². The summed E-state index contributed by atoms with van der Waals surface area (Å²) in [4.78, 5) is 25.0. The van der Waals surface area contributed by atoms with Crippen molar-refractivity contribution in [1.29, 1.82) is 0 Å². The second-order valence-corrected chi connectivity index (χ2v) is 7.44. The first-order valence-electron chi connectivity index (χ1n) is 7.63. The number of fused-ring (bicyclic) bond motifs is 1. The molecule has 2 amide bonds. The second kappa shape index (κ2) is 5.83. The number of aliphatic hydroxyl groups excluding tert-OH is 1. The van der Waals surface area contributed by atoms with Crippen molar-refractivity contribution >= 4 is 12.0 Å². The van der Waals surface area contributed by atoms with E-state index in [-0.39, 0.29) is 29.9 Å². The average molecular weight is 298 g/mol. The fourth-order valence-electron chi connectivity index (χ4n) is 3.39. The van der Waals surface area contributed by atoms with Crippen molar-refractivity contribution in [3.05, 3.63) is 0 Å². The third kappa shape index (κ3) is 3.67. The number of carbonyl (C=O) groups is 2. The van der Waals surface area contributed by atoms with E-state index in [9.17, 15) is 14.7 Å². The number of aliphatic hydroxyl groups is 1. The van der Waals surface area contributed by atoms with Gasteiger partial charge in [-0.05, 0) is 24.2 Å². The molecule has 4 atom stereocenters. The third-order valence-corrected chi connectivity index (χ3v) is 4.83. The fourth-order valence-corrected chi connectivity index (χ4v) is 3.39. The van der Waals surface area contributed by atoms with Gasteiger partial charge in [-0.15, -0.1) is 0 Å². The van der Waals surface area contributed by atoms with Crippen LogP contribution in [0.25, 0.3) is 0 Å². The maximum atomic E-state index is 12.4. The molecule has 2 rings (SSSR count). The predicted molar refractivity (Wildman–Crippen MR) is 77.8 cm³/mol. The summed E-state index contributed by atoms with van der Waals surface area (Å²) in [7, 11) is 0. The maximum absolute atomic E-state index is 12.4. The van der Waals surface area contributed by atoms with Gasteiger partial charge in [0.1, 0.15) is 0 Å². The van der Waals surface area contributed by atoms with E-state index in [2.05, 4.69) is 5.32 Å². The zero-order valence-corrected chi connectivity index (χ0v) is 13.0. The topological polar surface area (TPSA) is 89.9 Å². The average Bonchev–Trinajstić information content (AvgIpc) is 2.89. The van der Waals surface area contributed by atoms with Gasteiger partial charge in [-0.25, -0.2) is 4.79 Å². The smallest absolute Gasteiger partial charge is 0.317 e. The molecule has 0 aromatic rings. The van der Waals surface area contributed by atoms with Gasteiger partial charge in [-0.2, -0.15) is 0 Å². The molecule has 0 aromatic heterocycles. The fraction of sp³-hybridized carbons (Fsp3) is 0.867. The minimum atomic E-state index is -0.913. The number of aliphatic carboxylic acids is 1. The Labute approximate surface area is 125 Å². The molecule has 1 saturated carbocycles. The molecule has 6 nitrogen and oxygen atoms in total. The van der Waals surface area contributed by atoms with Gasteiger partial charge in [0.2, 0.25) is 0 Å². The Morgan fingerprint density at radius 1 is 1.29 bits per heavy atom. The van der Waals surface area contributed by atoms with Gasteiger partial charge in [0.15, 0.2) is 0 Å². The molecule has 0 spiro atoms. The Balaban J connectivity index is 1.95. The van der Waals surface area contributed by atoms with E-state index < -0.39 is 12.0 Å². The lowest BCUT2D eigenvalue weighted by Crippen LogP contribution is -2.50. The lowest BCUT2D eigenvalue weighted by Gasteiger charge is -2.32. The number of hydrogen-bond acceptors (Lipinski definition) is 3. The SMILES string of the molecule is CC(C)(C)C(CC(=O)O)NC(=O)N1CC2CCC(O)C2C1. The molecule has 4 unspecified atom stereocenters. The molecular weight excluding hydrogens is 272 g/mol. The van der Waals surface area contributed by atoms with Crippen molar-refractivity contribution in [2.45, 2.75) is 52.2 Å². The molecule has 1 aliphatic carbocycles. The lowest BCUT2D eigenvalue weighted by molar-refractivity contribution is -0.138. The predicted octanol–water partition coefficient (Wildman–Crippen LogP) is 1.29. The molecule has 0 aromatic carbocycles. The first kappa shape index (κ1) is 16.1. The standard InChI is InChI=1S/C15H26N2O4/c1-15(2,3)12(6-13(19)20)16-14(21)17-7-9-4-5-11(18)10(9)8-17/h9-12,18H,4-8H2,1-3H3,(H,16,21)(H,19,20). The van der Waals surface area contributed by atoms with Gasteiger partial charge in [0, 0.05) is 25.0 Å². The number of carboxylic acids is 1. The molecule has 0 radical (unpaired) electrons. The van der Waals surface area contributed by atoms with Crippen molar-refractivity contribution < 1.29 is 19.8 Å². The first-order chi connectivity index (χ1) is 9.68. The highest BCUT2D eigenvalue weighted by Crippen LogP contribution is 2.38. The summed E-state index contributed by atoms with van der Waals surface area (Å²) in [6.45, 7) is 7.00. The van der Waals surface area contributed by atoms with Crippen LogP contribution in [0.5, 0.6) is 0 Å². The second-order valence-electron chi connectivity index (χ2n) is 7.44. The quantitative estimate of drug-likeness (QED) is 0.732. The summed E-state index contributed by atoms with van der Waals surface area (Å²) in [5.41, 5.74) is -0.316. The first-order valence-corrected chi connectivity index (χ1v) is 7.63. The van der Waals surface area contributed by atoms with Crippen LogP contribution in [0.1, 0.15) is 40.0 Å². The van der Waals surface area contributed by atoms with Crippen molar-refractivity contribution in [3.8, 4) is 0 Å². The Kier molecular flexibility index (Phi) is 4.46. The van der Waals surface area contributed by atoms with E-state index in [0.29, 0.717) is 19.0 Å². The van der Waals surface area contributed by atoms with Crippen molar-refractivity contribution in [3.63, 3.8) is 0 Å². The number of carbonyl (C=O) groups excluding carboxylic acids is 1. The highest BCUT2D eigenvalue weighted by molar-refractivity contribution is 5.76. The van der Waals surface area contributed by atoms with E-state index in [1.807, 2.05) is 20.8 Å².